The van der Waals surface area contributed by atoms with Gasteiger partial charge in [0.15, 0.2) is 11.5 Å². The van der Waals surface area contributed by atoms with E-state index < -0.39 is 24.7 Å². The van der Waals surface area contributed by atoms with Crippen molar-refractivity contribution in [1.29, 1.82) is 0 Å². The molecule has 120 valence electrons. The molecule has 0 atom stereocenters. The Bertz CT molecular complexity index is 445. The number of ether oxygens (including phenoxy) is 2. The van der Waals surface area contributed by atoms with Gasteiger partial charge >= 0.3 is 13.2 Å². The maximum absolute atomic E-state index is 12.3. The SMILES string of the molecule is Cl.FC(F)Oc1ccc(N2CCNCC2)cc1OC(F)F. The van der Waals surface area contributed by atoms with Crippen molar-refractivity contribution in [2.75, 3.05) is 31.1 Å². The standard InChI is InChI=1S/C12H14F4N2O2.ClH/c13-11(14)19-9-2-1-8(7-10(9)20-12(15)16)18-5-3-17-4-6-18;/h1-2,7,11-12,17H,3-6H2;1H. The third kappa shape index (κ3) is 5.13. The minimum Gasteiger partial charge on any atom is -0.431 e. The Kier molecular flexibility index (Phi) is 6.83. The zero-order valence-corrected chi connectivity index (χ0v) is 11.7. The number of hydrogen-bond acceptors (Lipinski definition) is 4. The van der Waals surface area contributed by atoms with E-state index in [4.69, 9.17) is 0 Å². The van der Waals surface area contributed by atoms with Crippen LogP contribution in [0.25, 0.3) is 0 Å². The molecular weight excluding hydrogens is 316 g/mol. The van der Waals surface area contributed by atoms with Crippen LogP contribution in [0.5, 0.6) is 11.5 Å². The molecule has 1 aromatic rings. The summed E-state index contributed by atoms with van der Waals surface area (Å²) in [7, 11) is 0. The predicted molar refractivity (Wildman–Crippen MR) is 72.0 cm³/mol. The van der Waals surface area contributed by atoms with Crippen molar-refractivity contribution < 1.29 is 27.0 Å². The van der Waals surface area contributed by atoms with Crippen LogP contribution in [0.3, 0.4) is 0 Å². The Hall–Kier alpha value is -1.41. The first-order chi connectivity index (χ1) is 9.56. The van der Waals surface area contributed by atoms with E-state index in [0.29, 0.717) is 18.8 Å². The number of rotatable bonds is 5. The Labute approximate surface area is 125 Å². The van der Waals surface area contributed by atoms with Crippen molar-refractivity contribution in [1.82, 2.24) is 5.32 Å². The Balaban J connectivity index is 0.00000220. The molecule has 0 aliphatic carbocycles. The maximum Gasteiger partial charge on any atom is 0.387 e. The van der Waals surface area contributed by atoms with Gasteiger partial charge in [-0.25, -0.2) is 0 Å². The molecule has 0 radical (unpaired) electrons. The molecule has 0 saturated carbocycles. The molecule has 0 amide bonds. The molecule has 9 heteroatoms. The molecule has 1 aliphatic rings. The van der Waals surface area contributed by atoms with Crippen LogP contribution in [0.1, 0.15) is 0 Å². The van der Waals surface area contributed by atoms with Gasteiger partial charge in [0.1, 0.15) is 0 Å². The second-order valence-electron chi connectivity index (χ2n) is 4.13. The van der Waals surface area contributed by atoms with Crippen LogP contribution in [0, 0.1) is 0 Å². The van der Waals surface area contributed by atoms with Gasteiger partial charge in [0.25, 0.3) is 0 Å². The third-order valence-electron chi connectivity index (χ3n) is 2.84. The van der Waals surface area contributed by atoms with Gasteiger partial charge in [-0.15, -0.1) is 12.4 Å². The van der Waals surface area contributed by atoms with Crippen molar-refractivity contribution in [2.24, 2.45) is 0 Å². The number of benzene rings is 1. The largest absolute Gasteiger partial charge is 0.431 e. The third-order valence-corrected chi connectivity index (χ3v) is 2.84. The summed E-state index contributed by atoms with van der Waals surface area (Å²) in [5.74, 6) is -0.796. The molecule has 1 saturated heterocycles. The number of halogens is 5. The lowest BCUT2D eigenvalue weighted by atomic mass is 10.2. The molecule has 2 rings (SSSR count). The van der Waals surface area contributed by atoms with Gasteiger partial charge in [0.05, 0.1) is 0 Å². The molecule has 0 bridgehead atoms. The van der Waals surface area contributed by atoms with Gasteiger partial charge in [0.2, 0.25) is 0 Å². The average molecular weight is 331 g/mol. The minimum absolute atomic E-state index is 0. The summed E-state index contributed by atoms with van der Waals surface area (Å²) in [6, 6.07) is 4.04. The van der Waals surface area contributed by atoms with Crippen LogP contribution < -0.4 is 19.7 Å². The van der Waals surface area contributed by atoms with Gasteiger partial charge in [-0.2, -0.15) is 17.6 Å². The lowest BCUT2D eigenvalue weighted by Gasteiger charge is -2.30. The highest BCUT2D eigenvalue weighted by Crippen LogP contribution is 2.34. The van der Waals surface area contributed by atoms with Crippen molar-refractivity contribution >= 4 is 18.1 Å². The summed E-state index contributed by atoms with van der Waals surface area (Å²) in [5, 5.41) is 3.15. The number of alkyl halides is 4. The van der Waals surface area contributed by atoms with E-state index in [-0.39, 0.29) is 12.4 Å². The Morgan fingerprint density at radius 2 is 1.52 bits per heavy atom. The molecular formula is C12H15ClF4N2O2. The summed E-state index contributed by atoms with van der Waals surface area (Å²) >= 11 is 0. The van der Waals surface area contributed by atoms with E-state index >= 15 is 0 Å². The zero-order valence-electron chi connectivity index (χ0n) is 10.9. The summed E-state index contributed by atoms with van der Waals surface area (Å²) < 4.78 is 57.5. The second kappa shape index (κ2) is 8.14. The first-order valence-electron chi connectivity index (χ1n) is 6.05. The van der Waals surface area contributed by atoms with E-state index in [2.05, 4.69) is 14.8 Å². The summed E-state index contributed by atoms with van der Waals surface area (Å²) in [5.41, 5.74) is 0.628. The summed E-state index contributed by atoms with van der Waals surface area (Å²) in [4.78, 5) is 1.95. The van der Waals surface area contributed by atoms with Crippen LogP contribution in [0.2, 0.25) is 0 Å². The molecule has 1 aliphatic heterocycles. The van der Waals surface area contributed by atoms with Crippen LogP contribution >= 0.6 is 12.4 Å². The van der Waals surface area contributed by atoms with E-state index in [0.717, 1.165) is 13.1 Å². The molecule has 21 heavy (non-hydrogen) atoms. The highest BCUT2D eigenvalue weighted by Gasteiger charge is 2.18. The zero-order chi connectivity index (χ0) is 14.5. The van der Waals surface area contributed by atoms with Crippen molar-refractivity contribution in [3.05, 3.63) is 18.2 Å². The average Bonchev–Trinajstić information content (AvgIpc) is 2.40. The first-order valence-corrected chi connectivity index (χ1v) is 6.05. The topological polar surface area (TPSA) is 33.7 Å². The second-order valence-corrected chi connectivity index (χ2v) is 4.13. The Morgan fingerprint density at radius 1 is 0.952 bits per heavy atom. The van der Waals surface area contributed by atoms with Gasteiger partial charge < -0.3 is 19.7 Å². The minimum atomic E-state index is -3.10. The lowest BCUT2D eigenvalue weighted by Crippen LogP contribution is -2.43. The lowest BCUT2D eigenvalue weighted by molar-refractivity contribution is -0.0692. The van der Waals surface area contributed by atoms with E-state index in [9.17, 15) is 17.6 Å². The highest BCUT2D eigenvalue weighted by atomic mass is 35.5. The predicted octanol–water partition coefficient (Wildman–Crippen LogP) is 2.72. The van der Waals surface area contributed by atoms with Gasteiger partial charge in [-0.1, -0.05) is 0 Å². The van der Waals surface area contributed by atoms with E-state index in [1.807, 2.05) is 4.90 Å². The molecule has 1 N–H and O–H groups in total. The molecule has 1 heterocycles. The van der Waals surface area contributed by atoms with Crippen molar-refractivity contribution in [3.63, 3.8) is 0 Å². The monoisotopic (exact) mass is 330 g/mol. The first kappa shape index (κ1) is 17.6. The van der Waals surface area contributed by atoms with Crippen molar-refractivity contribution in [2.45, 2.75) is 13.2 Å². The maximum atomic E-state index is 12.3. The number of piperazine rings is 1. The highest BCUT2D eigenvalue weighted by molar-refractivity contribution is 5.85. The van der Waals surface area contributed by atoms with Gasteiger partial charge in [-0.05, 0) is 12.1 Å². The van der Waals surface area contributed by atoms with E-state index in [1.165, 1.54) is 12.1 Å². The van der Waals surface area contributed by atoms with E-state index in [1.54, 1.807) is 6.07 Å². The fraction of sp³-hybridized carbons (Fsp3) is 0.500. The molecule has 0 aromatic heterocycles. The van der Waals surface area contributed by atoms with Crippen LogP contribution in [-0.4, -0.2) is 39.4 Å². The van der Waals surface area contributed by atoms with Crippen LogP contribution in [0.15, 0.2) is 18.2 Å². The molecule has 0 unspecified atom stereocenters. The van der Waals surface area contributed by atoms with Gasteiger partial charge in [0, 0.05) is 37.9 Å². The number of anilines is 1. The fourth-order valence-electron chi connectivity index (χ4n) is 2.00. The molecule has 4 nitrogen and oxygen atoms in total. The summed E-state index contributed by atoms with van der Waals surface area (Å²) in [6.07, 6.45) is 0. The Morgan fingerprint density at radius 3 is 2.10 bits per heavy atom. The quantitative estimate of drug-likeness (QED) is 0.842. The molecule has 1 aromatic carbocycles. The number of hydrogen-bond donors (Lipinski definition) is 1. The van der Waals surface area contributed by atoms with Gasteiger partial charge in [-0.3, -0.25) is 0 Å². The molecule has 1 fully saturated rings. The fourth-order valence-corrected chi connectivity index (χ4v) is 2.00. The van der Waals surface area contributed by atoms with Crippen LogP contribution in [0.4, 0.5) is 23.2 Å². The van der Waals surface area contributed by atoms with Crippen molar-refractivity contribution in [3.8, 4) is 11.5 Å². The number of nitrogens with one attached hydrogen (secondary N) is 1. The smallest absolute Gasteiger partial charge is 0.387 e. The van der Waals surface area contributed by atoms with Crippen LogP contribution in [-0.2, 0) is 0 Å². The summed E-state index contributed by atoms with van der Waals surface area (Å²) in [6.45, 7) is -3.28. The number of nitrogens with zero attached hydrogens (tertiary/aromatic N) is 1. The molecule has 0 spiro atoms. The normalized spacial score (nSPS) is 15.0.